The lowest BCUT2D eigenvalue weighted by molar-refractivity contribution is 0.0592. The molecule has 0 unspecified atom stereocenters. The van der Waals surface area contributed by atoms with Gasteiger partial charge in [-0.25, -0.2) is 9.78 Å². The van der Waals surface area contributed by atoms with Gasteiger partial charge in [-0.2, -0.15) is 8.42 Å². The van der Waals surface area contributed by atoms with Crippen LogP contribution in [0.4, 0.5) is 0 Å². The van der Waals surface area contributed by atoms with Crippen LogP contribution >= 0.6 is 0 Å². The molecule has 2 aromatic heterocycles. The van der Waals surface area contributed by atoms with Crippen molar-refractivity contribution >= 4 is 27.0 Å². The van der Waals surface area contributed by atoms with E-state index in [4.69, 9.17) is 4.18 Å². The van der Waals surface area contributed by atoms with Crippen LogP contribution in [-0.4, -0.2) is 31.5 Å². The molecule has 0 saturated heterocycles. The number of carbonyl (C=O) groups is 1. The largest absolute Gasteiger partial charge is 0.464 e. The molecule has 0 fully saturated rings. The molecule has 0 spiro atoms. The third kappa shape index (κ3) is 3.29. The zero-order valence-electron chi connectivity index (χ0n) is 13.5. The lowest BCUT2D eigenvalue weighted by Crippen LogP contribution is -2.15. The topological polar surface area (TPSA) is 95.4 Å². The highest BCUT2D eigenvalue weighted by Gasteiger charge is 2.25. The van der Waals surface area contributed by atoms with Crippen LogP contribution in [0.1, 0.15) is 16.1 Å². The van der Waals surface area contributed by atoms with Gasteiger partial charge in [-0.15, -0.1) is 0 Å². The van der Waals surface area contributed by atoms with Gasteiger partial charge in [0.25, 0.3) is 0 Å². The van der Waals surface area contributed by atoms with Crippen molar-refractivity contribution in [3.05, 3.63) is 60.0 Å². The number of pyridine rings is 2. The Labute approximate surface area is 144 Å². The minimum Gasteiger partial charge on any atom is -0.464 e. The summed E-state index contributed by atoms with van der Waals surface area (Å²) in [6.07, 6.45) is 2.87. The van der Waals surface area contributed by atoms with E-state index in [1.165, 1.54) is 31.6 Å². The second-order valence-corrected chi connectivity index (χ2v) is 6.77. The maximum absolute atomic E-state index is 12.6. The highest BCUT2D eigenvalue weighted by atomic mass is 32.2. The first-order chi connectivity index (χ1) is 11.9. The van der Waals surface area contributed by atoms with Crippen molar-refractivity contribution < 1.29 is 22.1 Å². The third-order valence-electron chi connectivity index (χ3n) is 3.48. The summed E-state index contributed by atoms with van der Waals surface area (Å²) in [4.78, 5) is 20.0. The summed E-state index contributed by atoms with van der Waals surface area (Å²) in [5, 5.41) is 0.532. The number of aryl methyl sites for hydroxylation is 1. The summed E-state index contributed by atoms with van der Waals surface area (Å²) < 4.78 is 35.1. The Kier molecular flexibility index (Phi) is 4.37. The number of fused-ring (bicyclic) bond motifs is 1. The Hall–Kier alpha value is -3.00. The van der Waals surface area contributed by atoms with Gasteiger partial charge in [0, 0.05) is 17.8 Å². The van der Waals surface area contributed by atoms with E-state index >= 15 is 0 Å². The van der Waals surface area contributed by atoms with Crippen LogP contribution < -0.4 is 4.18 Å². The van der Waals surface area contributed by atoms with E-state index in [0.717, 1.165) is 5.56 Å². The molecule has 2 heterocycles. The van der Waals surface area contributed by atoms with Crippen LogP contribution in [0, 0.1) is 6.92 Å². The molecule has 0 radical (unpaired) electrons. The molecule has 0 saturated carbocycles. The number of hydrogen-bond acceptors (Lipinski definition) is 7. The molecule has 0 amide bonds. The van der Waals surface area contributed by atoms with Crippen molar-refractivity contribution in [3.63, 3.8) is 0 Å². The fraction of sp³-hybridized carbons (Fsp3) is 0.118. The number of carbonyl (C=O) groups excluding carboxylic acids is 1. The van der Waals surface area contributed by atoms with Crippen LogP contribution in [0.15, 0.2) is 53.7 Å². The molecule has 0 aliphatic carbocycles. The average molecular weight is 358 g/mol. The van der Waals surface area contributed by atoms with Crippen molar-refractivity contribution in [2.24, 2.45) is 0 Å². The number of hydrogen-bond donors (Lipinski definition) is 0. The van der Waals surface area contributed by atoms with Gasteiger partial charge in [0.2, 0.25) is 5.75 Å². The molecule has 0 atom stereocenters. The van der Waals surface area contributed by atoms with Gasteiger partial charge in [0.05, 0.1) is 7.11 Å². The summed E-state index contributed by atoms with van der Waals surface area (Å²) in [7, 11) is -3.00. The Bertz CT molecular complexity index is 1050. The summed E-state index contributed by atoms with van der Waals surface area (Å²) in [6, 6.07) is 9.50. The minimum atomic E-state index is -4.17. The van der Waals surface area contributed by atoms with E-state index in [0.29, 0.717) is 5.39 Å². The number of aromatic nitrogens is 2. The molecule has 3 rings (SSSR count). The summed E-state index contributed by atoms with van der Waals surface area (Å²) in [5.74, 6) is -1.08. The van der Waals surface area contributed by atoms with E-state index in [1.807, 2.05) is 6.92 Å². The predicted molar refractivity (Wildman–Crippen MR) is 89.9 cm³/mol. The molecule has 0 N–H and O–H groups in total. The van der Waals surface area contributed by atoms with Crippen molar-refractivity contribution in [1.82, 2.24) is 9.97 Å². The Morgan fingerprint density at radius 3 is 2.48 bits per heavy atom. The van der Waals surface area contributed by atoms with Gasteiger partial charge in [0.1, 0.15) is 10.4 Å². The third-order valence-corrected chi connectivity index (χ3v) is 4.72. The lowest BCUT2D eigenvalue weighted by atomic mass is 10.2. The molecule has 25 heavy (non-hydrogen) atoms. The summed E-state index contributed by atoms with van der Waals surface area (Å²) in [6.45, 7) is 1.84. The zero-order chi connectivity index (χ0) is 18.0. The molecular weight excluding hydrogens is 344 g/mol. The number of benzene rings is 1. The highest BCUT2D eigenvalue weighted by Crippen LogP contribution is 2.29. The second-order valence-electron chi connectivity index (χ2n) is 5.22. The van der Waals surface area contributed by atoms with Crippen LogP contribution in [0.3, 0.4) is 0 Å². The van der Waals surface area contributed by atoms with E-state index in [9.17, 15) is 13.2 Å². The number of esters is 1. The van der Waals surface area contributed by atoms with Crippen molar-refractivity contribution in [1.29, 1.82) is 0 Å². The standard InChI is InChI=1S/C17H14N2O5S/c1-11-5-7-13(8-6-11)25(21,22)24-16-14-12(4-3-9-18-14)10-19-15(16)17(20)23-2/h3-10H,1-2H3. The van der Waals surface area contributed by atoms with E-state index < -0.39 is 16.1 Å². The number of methoxy groups -OCH3 is 1. The van der Waals surface area contributed by atoms with Gasteiger partial charge in [0.15, 0.2) is 5.69 Å². The average Bonchev–Trinajstić information content (AvgIpc) is 2.61. The first-order valence-corrected chi connectivity index (χ1v) is 8.66. The maximum Gasteiger partial charge on any atom is 0.360 e. The van der Waals surface area contributed by atoms with Crippen molar-refractivity contribution in [2.75, 3.05) is 7.11 Å². The fourth-order valence-corrected chi connectivity index (χ4v) is 3.14. The predicted octanol–water partition coefficient (Wildman–Crippen LogP) is 2.49. The second kappa shape index (κ2) is 6.48. The number of nitrogens with zero attached hydrogens (tertiary/aromatic N) is 2. The monoisotopic (exact) mass is 358 g/mol. The minimum absolute atomic E-state index is 0.0400. The van der Waals surface area contributed by atoms with Gasteiger partial charge < -0.3 is 8.92 Å². The zero-order valence-corrected chi connectivity index (χ0v) is 14.3. The Morgan fingerprint density at radius 2 is 1.80 bits per heavy atom. The SMILES string of the molecule is COC(=O)c1ncc2cccnc2c1OS(=O)(=O)c1ccc(C)cc1. The van der Waals surface area contributed by atoms with Gasteiger partial charge in [-0.3, -0.25) is 4.98 Å². The fourth-order valence-electron chi connectivity index (χ4n) is 2.20. The van der Waals surface area contributed by atoms with E-state index in [-0.39, 0.29) is 21.9 Å². The highest BCUT2D eigenvalue weighted by molar-refractivity contribution is 7.87. The lowest BCUT2D eigenvalue weighted by Gasteiger charge is -2.12. The molecule has 0 aliphatic rings. The van der Waals surface area contributed by atoms with Crippen LogP contribution in [0.25, 0.3) is 10.9 Å². The Morgan fingerprint density at radius 1 is 1.08 bits per heavy atom. The number of ether oxygens (including phenoxy) is 1. The van der Waals surface area contributed by atoms with Crippen LogP contribution in [-0.2, 0) is 14.9 Å². The van der Waals surface area contributed by atoms with Gasteiger partial charge in [-0.1, -0.05) is 17.7 Å². The van der Waals surface area contributed by atoms with Gasteiger partial charge >= 0.3 is 16.1 Å². The maximum atomic E-state index is 12.6. The van der Waals surface area contributed by atoms with Crippen LogP contribution in [0.5, 0.6) is 5.75 Å². The quantitative estimate of drug-likeness (QED) is 0.522. The first-order valence-electron chi connectivity index (χ1n) is 7.25. The Balaban J connectivity index is 2.16. The van der Waals surface area contributed by atoms with Gasteiger partial charge in [-0.05, 0) is 31.2 Å². The summed E-state index contributed by atoms with van der Waals surface area (Å²) in [5.41, 5.74) is 0.848. The molecule has 7 nitrogen and oxygen atoms in total. The molecule has 1 aromatic carbocycles. The van der Waals surface area contributed by atoms with Crippen molar-refractivity contribution in [3.8, 4) is 5.75 Å². The molecule has 3 aromatic rings. The number of rotatable bonds is 4. The van der Waals surface area contributed by atoms with Crippen molar-refractivity contribution in [2.45, 2.75) is 11.8 Å². The summed E-state index contributed by atoms with van der Waals surface area (Å²) >= 11 is 0. The molecule has 0 bridgehead atoms. The molecule has 128 valence electrons. The van der Waals surface area contributed by atoms with E-state index in [1.54, 1.807) is 24.3 Å². The normalized spacial score (nSPS) is 11.3. The van der Waals surface area contributed by atoms with Crippen LogP contribution in [0.2, 0.25) is 0 Å². The molecule has 0 aliphatic heterocycles. The molecular formula is C17H14N2O5S. The molecule has 8 heteroatoms. The first kappa shape index (κ1) is 16.8. The van der Waals surface area contributed by atoms with E-state index in [2.05, 4.69) is 14.7 Å². The smallest absolute Gasteiger partial charge is 0.360 e.